The predicted molar refractivity (Wildman–Crippen MR) is 73.3 cm³/mol. The third kappa shape index (κ3) is 2.52. The Morgan fingerprint density at radius 2 is 2.00 bits per heavy atom. The number of amides is 2. The molecule has 1 aliphatic rings. The molecule has 0 radical (unpaired) electrons. The van der Waals surface area contributed by atoms with E-state index in [2.05, 4.69) is 11.9 Å². The Bertz CT molecular complexity index is 522. The lowest BCUT2D eigenvalue weighted by molar-refractivity contribution is -0.149. The first-order valence-electron chi connectivity index (χ1n) is 6.24. The SMILES string of the molecule is C=C(C)CN1CC(=O)NC(C)(c2ccccc2)C1=O. The minimum Gasteiger partial charge on any atom is -0.337 e. The van der Waals surface area contributed by atoms with E-state index in [9.17, 15) is 9.59 Å². The molecule has 0 spiro atoms. The zero-order valence-electron chi connectivity index (χ0n) is 11.3. The van der Waals surface area contributed by atoms with Gasteiger partial charge in [0.15, 0.2) is 0 Å². The van der Waals surface area contributed by atoms with Crippen molar-refractivity contribution < 1.29 is 9.59 Å². The molecule has 1 fully saturated rings. The molecule has 4 heteroatoms. The number of benzene rings is 1. The van der Waals surface area contributed by atoms with E-state index in [1.165, 1.54) is 0 Å². The van der Waals surface area contributed by atoms with Crippen LogP contribution in [-0.4, -0.2) is 29.8 Å². The summed E-state index contributed by atoms with van der Waals surface area (Å²) in [6.07, 6.45) is 0. The zero-order chi connectivity index (χ0) is 14.0. The zero-order valence-corrected chi connectivity index (χ0v) is 11.3. The average molecular weight is 258 g/mol. The van der Waals surface area contributed by atoms with Crippen molar-refractivity contribution in [2.75, 3.05) is 13.1 Å². The number of nitrogens with one attached hydrogen (secondary N) is 1. The molecule has 0 aromatic heterocycles. The van der Waals surface area contributed by atoms with Crippen molar-refractivity contribution in [3.8, 4) is 0 Å². The molecular weight excluding hydrogens is 240 g/mol. The quantitative estimate of drug-likeness (QED) is 0.834. The first-order chi connectivity index (χ1) is 8.93. The van der Waals surface area contributed by atoms with Crippen molar-refractivity contribution in [1.29, 1.82) is 0 Å². The molecule has 0 aliphatic carbocycles. The second kappa shape index (κ2) is 4.88. The maximum absolute atomic E-state index is 12.6. The summed E-state index contributed by atoms with van der Waals surface area (Å²) in [5.41, 5.74) is 0.657. The fourth-order valence-corrected chi connectivity index (χ4v) is 2.35. The number of carbonyl (C=O) groups is 2. The summed E-state index contributed by atoms with van der Waals surface area (Å²) in [6, 6.07) is 9.30. The molecule has 0 bridgehead atoms. The summed E-state index contributed by atoms with van der Waals surface area (Å²) in [4.78, 5) is 26.0. The second-order valence-corrected chi connectivity index (χ2v) is 5.16. The van der Waals surface area contributed by atoms with E-state index in [0.29, 0.717) is 6.54 Å². The van der Waals surface area contributed by atoms with Crippen LogP contribution in [-0.2, 0) is 15.1 Å². The summed E-state index contributed by atoms with van der Waals surface area (Å²) in [5, 5.41) is 2.80. The van der Waals surface area contributed by atoms with Gasteiger partial charge in [0.1, 0.15) is 5.54 Å². The maximum atomic E-state index is 12.6. The fourth-order valence-electron chi connectivity index (χ4n) is 2.35. The van der Waals surface area contributed by atoms with Gasteiger partial charge >= 0.3 is 0 Å². The molecule has 0 saturated carbocycles. The van der Waals surface area contributed by atoms with Crippen molar-refractivity contribution in [2.45, 2.75) is 19.4 Å². The van der Waals surface area contributed by atoms with Gasteiger partial charge in [0, 0.05) is 6.54 Å². The molecule has 4 nitrogen and oxygen atoms in total. The highest BCUT2D eigenvalue weighted by Crippen LogP contribution is 2.26. The Hall–Kier alpha value is -2.10. The smallest absolute Gasteiger partial charge is 0.253 e. The van der Waals surface area contributed by atoms with Crippen molar-refractivity contribution in [3.63, 3.8) is 0 Å². The van der Waals surface area contributed by atoms with E-state index in [0.717, 1.165) is 11.1 Å². The van der Waals surface area contributed by atoms with E-state index in [1.807, 2.05) is 37.3 Å². The van der Waals surface area contributed by atoms with Crippen LogP contribution in [0, 0.1) is 0 Å². The maximum Gasteiger partial charge on any atom is 0.253 e. The summed E-state index contributed by atoms with van der Waals surface area (Å²) in [7, 11) is 0. The van der Waals surface area contributed by atoms with Crippen LogP contribution in [0.3, 0.4) is 0 Å². The molecule has 100 valence electrons. The lowest BCUT2D eigenvalue weighted by Crippen LogP contribution is -2.63. The molecule has 1 N–H and O–H groups in total. The molecule has 1 saturated heterocycles. The number of nitrogens with zero attached hydrogens (tertiary/aromatic N) is 1. The molecule has 1 aliphatic heterocycles. The van der Waals surface area contributed by atoms with Crippen LogP contribution < -0.4 is 5.32 Å². The van der Waals surface area contributed by atoms with Gasteiger partial charge in [-0.1, -0.05) is 42.5 Å². The summed E-state index contributed by atoms with van der Waals surface area (Å²) < 4.78 is 0. The van der Waals surface area contributed by atoms with Crippen LogP contribution in [0.5, 0.6) is 0 Å². The van der Waals surface area contributed by atoms with Crippen LogP contribution in [0.1, 0.15) is 19.4 Å². The van der Waals surface area contributed by atoms with Gasteiger partial charge in [-0.25, -0.2) is 0 Å². The third-order valence-corrected chi connectivity index (χ3v) is 3.25. The van der Waals surface area contributed by atoms with Crippen molar-refractivity contribution in [1.82, 2.24) is 10.2 Å². The van der Waals surface area contributed by atoms with Gasteiger partial charge in [0.2, 0.25) is 5.91 Å². The molecular formula is C15H18N2O2. The standard InChI is InChI=1S/C15H18N2O2/c1-11(2)9-17-10-13(18)16-15(3,14(17)19)12-7-5-4-6-8-12/h4-8H,1,9-10H2,2-3H3,(H,16,18). The summed E-state index contributed by atoms with van der Waals surface area (Å²) >= 11 is 0. The van der Waals surface area contributed by atoms with Crippen molar-refractivity contribution in [2.24, 2.45) is 0 Å². The Morgan fingerprint density at radius 1 is 1.37 bits per heavy atom. The highest BCUT2D eigenvalue weighted by Gasteiger charge is 2.43. The minimum absolute atomic E-state index is 0.0914. The number of carbonyl (C=O) groups excluding carboxylic acids is 2. The van der Waals surface area contributed by atoms with Gasteiger partial charge in [-0.05, 0) is 19.4 Å². The van der Waals surface area contributed by atoms with Gasteiger partial charge < -0.3 is 10.2 Å². The van der Waals surface area contributed by atoms with Crippen LogP contribution in [0.2, 0.25) is 0 Å². The predicted octanol–water partition coefficient (Wildman–Crippen LogP) is 1.44. The van der Waals surface area contributed by atoms with E-state index in [4.69, 9.17) is 0 Å². The molecule has 1 aromatic carbocycles. The van der Waals surface area contributed by atoms with Gasteiger partial charge in [-0.3, -0.25) is 9.59 Å². The lowest BCUT2D eigenvalue weighted by atomic mass is 9.88. The van der Waals surface area contributed by atoms with E-state index < -0.39 is 5.54 Å². The highest BCUT2D eigenvalue weighted by molar-refractivity contribution is 5.98. The van der Waals surface area contributed by atoms with Crippen molar-refractivity contribution >= 4 is 11.8 Å². The normalized spacial score (nSPS) is 23.2. The van der Waals surface area contributed by atoms with Gasteiger partial charge in [-0.15, -0.1) is 0 Å². The third-order valence-electron chi connectivity index (χ3n) is 3.25. The molecule has 19 heavy (non-hydrogen) atoms. The number of hydrogen-bond donors (Lipinski definition) is 1. The molecule has 2 rings (SSSR count). The first-order valence-corrected chi connectivity index (χ1v) is 6.24. The highest BCUT2D eigenvalue weighted by atomic mass is 16.2. The first kappa shape index (κ1) is 13.3. The monoisotopic (exact) mass is 258 g/mol. The number of piperazine rings is 1. The number of rotatable bonds is 3. The Balaban J connectivity index is 2.36. The largest absolute Gasteiger partial charge is 0.337 e. The van der Waals surface area contributed by atoms with Crippen LogP contribution >= 0.6 is 0 Å². The van der Waals surface area contributed by atoms with E-state index >= 15 is 0 Å². The van der Waals surface area contributed by atoms with Crippen LogP contribution in [0.4, 0.5) is 0 Å². The van der Waals surface area contributed by atoms with Gasteiger partial charge in [0.25, 0.3) is 5.91 Å². The Labute approximate surface area is 113 Å². The van der Waals surface area contributed by atoms with E-state index in [-0.39, 0.29) is 18.4 Å². The Morgan fingerprint density at radius 3 is 2.58 bits per heavy atom. The van der Waals surface area contributed by atoms with Gasteiger partial charge in [-0.2, -0.15) is 0 Å². The summed E-state index contributed by atoms with van der Waals surface area (Å²) in [6.45, 7) is 7.90. The second-order valence-electron chi connectivity index (χ2n) is 5.16. The molecule has 1 atom stereocenters. The average Bonchev–Trinajstić information content (AvgIpc) is 2.36. The molecule has 2 amide bonds. The van der Waals surface area contributed by atoms with Gasteiger partial charge in [0.05, 0.1) is 6.54 Å². The minimum atomic E-state index is -0.994. The van der Waals surface area contributed by atoms with Crippen LogP contribution in [0.25, 0.3) is 0 Å². The lowest BCUT2D eigenvalue weighted by Gasteiger charge is -2.40. The fraction of sp³-hybridized carbons (Fsp3) is 0.333. The van der Waals surface area contributed by atoms with Crippen molar-refractivity contribution in [3.05, 3.63) is 48.0 Å². The van der Waals surface area contributed by atoms with Crippen LogP contribution in [0.15, 0.2) is 42.5 Å². The number of hydrogen-bond acceptors (Lipinski definition) is 2. The summed E-state index contributed by atoms with van der Waals surface area (Å²) in [5.74, 6) is -0.242. The molecule has 1 unspecified atom stereocenters. The topological polar surface area (TPSA) is 49.4 Å². The molecule has 1 aromatic rings. The molecule has 1 heterocycles. The van der Waals surface area contributed by atoms with E-state index in [1.54, 1.807) is 11.8 Å². The Kier molecular flexibility index (Phi) is 3.42.